The third-order valence-electron chi connectivity index (χ3n) is 1.29. The number of nitrogens with two attached hydrogens (primary N) is 1. The van der Waals surface area contributed by atoms with Gasteiger partial charge in [0.25, 0.3) is 0 Å². The van der Waals surface area contributed by atoms with Gasteiger partial charge in [0.05, 0.1) is 12.7 Å². The number of esters is 1. The molecule has 1 rings (SSSR count). The second-order valence-corrected chi connectivity index (χ2v) is 2.59. The molecule has 0 saturated carbocycles. The van der Waals surface area contributed by atoms with Crippen LogP contribution in [0.4, 0.5) is 0 Å². The van der Waals surface area contributed by atoms with Crippen molar-refractivity contribution in [1.82, 2.24) is 4.98 Å². The van der Waals surface area contributed by atoms with E-state index in [1.54, 1.807) is 18.3 Å². The van der Waals surface area contributed by atoms with Gasteiger partial charge in [-0.25, -0.2) is 9.78 Å². The molecule has 0 fully saturated rings. The Bertz CT molecular complexity index is 290. The lowest BCUT2D eigenvalue weighted by atomic mass is 10.3. The van der Waals surface area contributed by atoms with E-state index in [-0.39, 0.29) is 0 Å². The lowest BCUT2D eigenvalue weighted by molar-refractivity contribution is 0.0596. The second kappa shape index (κ2) is 4.08. The maximum absolute atomic E-state index is 11.1. The van der Waals surface area contributed by atoms with E-state index in [0.717, 1.165) is 11.9 Å². The summed E-state index contributed by atoms with van der Waals surface area (Å²) in [6.07, 6.45) is 1.57. The molecule has 0 radical (unpaired) electrons. The Hall–Kier alpha value is -1.07. The van der Waals surface area contributed by atoms with Crippen molar-refractivity contribution in [2.75, 3.05) is 7.11 Å². The van der Waals surface area contributed by atoms with E-state index in [4.69, 9.17) is 5.14 Å². The topological polar surface area (TPSA) is 65.2 Å². The summed E-state index contributed by atoms with van der Waals surface area (Å²) in [5, 5.41) is 5.77. The molecule has 0 aromatic carbocycles. The Morgan fingerprint density at radius 1 is 1.75 bits per heavy atom. The maximum Gasteiger partial charge on any atom is 0.340 e. The predicted molar refractivity (Wildman–Crippen MR) is 45.6 cm³/mol. The summed E-state index contributed by atoms with van der Waals surface area (Å²) in [5.74, 6) is -0.420. The van der Waals surface area contributed by atoms with E-state index in [0.29, 0.717) is 10.6 Å². The highest BCUT2D eigenvalue weighted by Gasteiger charge is 2.10. The van der Waals surface area contributed by atoms with Crippen LogP contribution in [0.1, 0.15) is 10.4 Å². The number of rotatable bonds is 2. The second-order valence-electron chi connectivity index (χ2n) is 1.97. The minimum absolute atomic E-state index is 0.396. The molecule has 1 aromatic rings. The molecule has 0 spiro atoms. The average Bonchev–Trinajstić information content (AvgIpc) is 2.16. The summed E-state index contributed by atoms with van der Waals surface area (Å²) in [5.41, 5.74) is 0.396. The molecule has 2 N–H and O–H groups in total. The molecule has 1 heterocycles. The molecular weight excluding hydrogens is 176 g/mol. The van der Waals surface area contributed by atoms with Gasteiger partial charge in [0.2, 0.25) is 0 Å². The van der Waals surface area contributed by atoms with Crippen LogP contribution in [0, 0.1) is 0 Å². The highest BCUT2D eigenvalue weighted by Crippen LogP contribution is 2.14. The number of pyridine rings is 1. The normalized spacial score (nSPS) is 9.50. The summed E-state index contributed by atoms with van der Waals surface area (Å²) in [6.45, 7) is 0. The Morgan fingerprint density at radius 2 is 2.50 bits per heavy atom. The van der Waals surface area contributed by atoms with Gasteiger partial charge >= 0.3 is 5.97 Å². The van der Waals surface area contributed by atoms with Crippen LogP contribution in [0.25, 0.3) is 0 Å². The fraction of sp³-hybridized carbons (Fsp3) is 0.143. The molecule has 12 heavy (non-hydrogen) atoms. The van der Waals surface area contributed by atoms with Crippen LogP contribution in [0.5, 0.6) is 0 Å². The van der Waals surface area contributed by atoms with E-state index >= 15 is 0 Å². The summed E-state index contributed by atoms with van der Waals surface area (Å²) in [4.78, 5) is 15.0. The molecule has 5 heteroatoms. The molecule has 0 bridgehead atoms. The zero-order valence-corrected chi connectivity index (χ0v) is 7.30. The smallest absolute Gasteiger partial charge is 0.340 e. The Labute approximate surface area is 74.3 Å². The maximum atomic E-state index is 11.1. The number of aromatic nitrogens is 1. The summed E-state index contributed by atoms with van der Waals surface area (Å²) < 4.78 is 4.53. The molecular formula is C7H8N2O2S. The molecule has 1 aromatic heterocycles. The number of methoxy groups -OCH3 is 1. The van der Waals surface area contributed by atoms with E-state index in [2.05, 4.69) is 9.72 Å². The third kappa shape index (κ3) is 1.75. The van der Waals surface area contributed by atoms with Gasteiger partial charge in [-0.1, -0.05) is 0 Å². The lowest BCUT2D eigenvalue weighted by Crippen LogP contribution is -2.04. The number of ether oxygens (including phenoxy) is 1. The molecule has 64 valence electrons. The van der Waals surface area contributed by atoms with Crippen LogP contribution in [-0.4, -0.2) is 18.1 Å². The Morgan fingerprint density at radius 3 is 3.08 bits per heavy atom. The van der Waals surface area contributed by atoms with E-state index in [1.807, 2.05) is 0 Å². The van der Waals surface area contributed by atoms with Crippen LogP contribution in [0.15, 0.2) is 23.4 Å². The van der Waals surface area contributed by atoms with E-state index in [1.165, 1.54) is 7.11 Å². The number of carbonyl (C=O) groups is 1. The molecule has 0 unspecified atom stereocenters. The van der Waals surface area contributed by atoms with Crippen molar-refractivity contribution in [2.24, 2.45) is 5.14 Å². The largest absolute Gasteiger partial charge is 0.465 e. The van der Waals surface area contributed by atoms with Crippen LogP contribution < -0.4 is 5.14 Å². The van der Waals surface area contributed by atoms with Gasteiger partial charge < -0.3 is 4.74 Å². The zero-order chi connectivity index (χ0) is 8.97. The van der Waals surface area contributed by atoms with Crippen molar-refractivity contribution in [3.8, 4) is 0 Å². The molecule has 4 nitrogen and oxygen atoms in total. The van der Waals surface area contributed by atoms with Crippen LogP contribution >= 0.6 is 11.9 Å². The first-order valence-electron chi connectivity index (χ1n) is 3.19. The Balaban J connectivity index is 3.04. The Kier molecular flexibility index (Phi) is 3.07. The van der Waals surface area contributed by atoms with Crippen molar-refractivity contribution in [2.45, 2.75) is 5.03 Å². The van der Waals surface area contributed by atoms with Crippen molar-refractivity contribution in [3.63, 3.8) is 0 Å². The van der Waals surface area contributed by atoms with Crippen molar-refractivity contribution in [1.29, 1.82) is 0 Å². The fourth-order valence-corrected chi connectivity index (χ4v) is 1.15. The number of hydrogen-bond acceptors (Lipinski definition) is 5. The molecule has 0 aliphatic rings. The van der Waals surface area contributed by atoms with Gasteiger partial charge in [-0.2, -0.15) is 0 Å². The summed E-state index contributed by atoms with van der Waals surface area (Å²) in [7, 11) is 1.32. The minimum Gasteiger partial charge on any atom is -0.465 e. The van der Waals surface area contributed by atoms with Gasteiger partial charge in [-0.05, 0) is 24.1 Å². The first-order chi connectivity index (χ1) is 5.79. The highest BCUT2D eigenvalue weighted by atomic mass is 32.2. The lowest BCUT2D eigenvalue weighted by Gasteiger charge is -2.01. The fourth-order valence-electron chi connectivity index (χ4n) is 0.750. The van der Waals surface area contributed by atoms with Crippen molar-refractivity contribution in [3.05, 3.63) is 23.9 Å². The van der Waals surface area contributed by atoms with Gasteiger partial charge in [-0.15, -0.1) is 0 Å². The van der Waals surface area contributed by atoms with Gasteiger partial charge in [-0.3, -0.25) is 5.14 Å². The van der Waals surface area contributed by atoms with Gasteiger partial charge in [0.15, 0.2) is 0 Å². The van der Waals surface area contributed by atoms with Gasteiger partial charge in [0, 0.05) is 6.20 Å². The van der Waals surface area contributed by atoms with E-state index < -0.39 is 5.97 Å². The molecule has 0 aliphatic heterocycles. The molecule has 0 saturated heterocycles. The average molecular weight is 184 g/mol. The first-order valence-corrected chi connectivity index (χ1v) is 4.07. The molecule has 0 amide bonds. The van der Waals surface area contributed by atoms with Crippen molar-refractivity contribution >= 4 is 17.9 Å². The number of carbonyl (C=O) groups excluding carboxylic acids is 1. The SMILES string of the molecule is COC(=O)c1cccnc1SN. The standard InChI is InChI=1S/C7H8N2O2S/c1-11-7(10)5-3-2-4-9-6(5)12-8/h2-4H,8H2,1H3. The summed E-state index contributed by atoms with van der Waals surface area (Å²) in [6, 6.07) is 3.28. The monoisotopic (exact) mass is 184 g/mol. The first kappa shape index (κ1) is 9.02. The van der Waals surface area contributed by atoms with Gasteiger partial charge in [0.1, 0.15) is 5.03 Å². The highest BCUT2D eigenvalue weighted by molar-refractivity contribution is 7.97. The minimum atomic E-state index is -0.420. The van der Waals surface area contributed by atoms with Crippen LogP contribution in [-0.2, 0) is 4.74 Å². The number of nitrogens with zero attached hydrogens (tertiary/aromatic N) is 1. The summed E-state index contributed by atoms with van der Waals surface area (Å²) >= 11 is 0.927. The predicted octanol–water partition coefficient (Wildman–Crippen LogP) is 0.834. The zero-order valence-electron chi connectivity index (χ0n) is 6.48. The van der Waals surface area contributed by atoms with E-state index in [9.17, 15) is 4.79 Å². The van der Waals surface area contributed by atoms with Crippen LogP contribution in [0.3, 0.4) is 0 Å². The third-order valence-corrected chi connectivity index (χ3v) is 1.84. The van der Waals surface area contributed by atoms with Crippen molar-refractivity contribution < 1.29 is 9.53 Å². The quantitative estimate of drug-likeness (QED) is 0.545. The molecule has 0 aliphatic carbocycles. The van der Waals surface area contributed by atoms with Crippen LogP contribution in [0.2, 0.25) is 0 Å². The number of hydrogen-bond donors (Lipinski definition) is 1. The molecule has 0 atom stereocenters.